The number of nitrogens with zero attached hydrogens (tertiary/aromatic N) is 1. The van der Waals surface area contributed by atoms with Gasteiger partial charge in [0.05, 0.1) is 6.54 Å². The van der Waals surface area contributed by atoms with Crippen molar-refractivity contribution >= 4 is 23.0 Å². The van der Waals surface area contributed by atoms with E-state index in [-0.39, 0.29) is 5.78 Å². The van der Waals surface area contributed by atoms with Crippen LogP contribution in [0.2, 0.25) is 0 Å². The van der Waals surface area contributed by atoms with Crippen molar-refractivity contribution in [2.24, 2.45) is 0 Å². The predicted octanol–water partition coefficient (Wildman–Crippen LogP) is 1.99. The summed E-state index contributed by atoms with van der Waals surface area (Å²) in [5, 5.41) is 0.775. The number of fused-ring (bicyclic) bond motifs is 1. The second-order valence-corrected chi connectivity index (χ2v) is 4.19. The summed E-state index contributed by atoms with van der Waals surface area (Å²) < 4.78 is 5.44. The molecular formula is C13H13NO3. The molecule has 2 rings (SSSR count). The normalized spacial score (nSPS) is 11.0. The number of Topliss-reactive ketones (excluding diaryl/α,β-unsaturated/α-hetero) is 1. The van der Waals surface area contributed by atoms with Crippen LogP contribution in [0.15, 0.2) is 28.7 Å². The van der Waals surface area contributed by atoms with Crippen LogP contribution in [0, 0.1) is 0 Å². The number of rotatable bonds is 4. The average Bonchev–Trinajstić information content (AvgIpc) is 2.70. The molecule has 0 N–H and O–H groups in total. The van der Waals surface area contributed by atoms with Crippen LogP contribution in [0.1, 0.15) is 20.9 Å². The van der Waals surface area contributed by atoms with Crippen LogP contribution in [-0.2, 0) is 0 Å². The van der Waals surface area contributed by atoms with Gasteiger partial charge in [0.15, 0.2) is 5.76 Å². The van der Waals surface area contributed by atoms with E-state index in [1.54, 1.807) is 29.2 Å². The van der Waals surface area contributed by atoms with Crippen LogP contribution in [0.3, 0.4) is 0 Å². The van der Waals surface area contributed by atoms with Gasteiger partial charge in [0.2, 0.25) is 5.78 Å². The van der Waals surface area contributed by atoms with Gasteiger partial charge in [-0.15, -0.1) is 0 Å². The SMILES string of the molecule is CN(C)CC(=O)c1cc2cc(C=O)ccc2o1. The monoisotopic (exact) mass is 231 g/mol. The maximum Gasteiger partial charge on any atom is 0.211 e. The van der Waals surface area contributed by atoms with Crippen molar-refractivity contribution in [1.82, 2.24) is 4.90 Å². The van der Waals surface area contributed by atoms with E-state index in [9.17, 15) is 9.59 Å². The topological polar surface area (TPSA) is 50.5 Å². The molecule has 0 atom stereocenters. The third-order valence-electron chi connectivity index (χ3n) is 2.41. The molecular weight excluding hydrogens is 218 g/mol. The van der Waals surface area contributed by atoms with E-state index in [0.717, 1.165) is 11.7 Å². The highest BCUT2D eigenvalue weighted by molar-refractivity contribution is 5.99. The van der Waals surface area contributed by atoms with E-state index >= 15 is 0 Å². The van der Waals surface area contributed by atoms with E-state index < -0.39 is 0 Å². The van der Waals surface area contributed by atoms with Gasteiger partial charge in [0.1, 0.15) is 11.9 Å². The first-order chi connectivity index (χ1) is 8.10. The van der Waals surface area contributed by atoms with Crippen LogP contribution >= 0.6 is 0 Å². The largest absolute Gasteiger partial charge is 0.453 e. The van der Waals surface area contributed by atoms with Crippen LogP contribution in [0.5, 0.6) is 0 Å². The lowest BCUT2D eigenvalue weighted by Crippen LogP contribution is -2.21. The zero-order chi connectivity index (χ0) is 12.4. The smallest absolute Gasteiger partial charge is 0.211 e. The van der Waals surface area contributed by atoms with Crippen molar-refractivity contribution in [3.63, 3.8) is 0 Å². The van der Waals surface area contributed by atoms with Gasteiger partial charge in [0.25, 0.3) is 0 Å². The minimum Gasteiger partial charge on any atom is -0.453 e. The number of hydrogen-bond acceptors (Lipinski definition) is 4. The highest BCUT2D eigenvalue weighted by atomic mass is 16.3. The molecule has 0 saturated heterocycles. The molecule has 2 aromatic rings. The Morgan fingerprint density at radius 2 is 2.12 bits per heavy atom. The fourth-order valence-corrected chi connectivity index (χ4v) is 1.64. The Hall–Kier alpha value is -1.94. The van der Waals surface area contributed by atoms with Gasteiger partial charge in [-0.1, -0.05) is 0 Å². The van der Waals surface area contributed by atoms with Crippen LogP contribution in [0.25, 0.3) is 11.0 Å². The molecule has 0 bridgehead atoms. The third-order valence-corrected chi connectivity index (χ3v) is 2.41. The van der Waals surface area contributed by atoms with Crippen LogP contribution in [-0.4, -0.2) is 37.6 Å². The minimum atomic E-state index is -0.0705. The molecule has 1 heterocycles. The highest BCUT2D eigenvalue weighted by Gasteiger charge is 2.13. The number of aldehydes is 1. The molecule has 0 aliphatic rings. The Bertz CT molecular complexity index is 569. The standard InChI is InChI=1S/C13H13NO3/c1-14(2)7-11(16)13-6-10-5-9(8-15)3-4-12(10)17-13/h3-6,8H,7H2,1-2H3. The summed E-state index contributed by atoms with van der Waals surface area (Å²) in [6.45, 7) is 0.306. The molecule has 0 aliphatic heterocycles. The lowest BCUT2D eigenvalue weighted by atomic mass is 10.1. The first kappa shape index (κ1) is 11.5. The fraction of sp³-hybridized carbons (Fsp3) is 0.231. The molecule has 4 heteroatoms. The molecule has 0 radical (unpaired) electrons. The molecule has 88 valence electrons. The summed E-state index contributed by atoms with van der Waals surface area (Å²) in [6.07, 6.45) is 0.772. The number of carbonyl (C=O) groups excluding carboxylic acids is 2. The van der Waals surface area contributed by atoms with Gasteiger partial charge in [-0.2, -0.15) is 0 Å². The molecule has 4 nitrogen and oxygen atoms in total. The van der Waals surface area contributed by atoms with Gasteiger partial charge >= 0.3 is 0 Å². The number of carbonyl (C=O) groups is 2. The molecule has 0 unspecified atom stereocenters. The number of furan rings is 1. The lowest BCUT2D eigenvalue weighted by molar-refractivity contribution is 0.0932. The molecule has 0 fully saturated rings. The number of ketones is 1. The second kappa shape index (κ2) is 4.51. The van der Waals surface area contributed by atoms with Gasteiger partial charge in [-0.05, 0) is 38.4 Å². The Morgan fingerprint density at radius 1 is 1.35 bits per heavy atom. The van der Waals surface area contributed by atoms with Crippen molar-refractivity contribution in [1.29, 1.82) is 0 Å². The quantitative estimate of drug-likeness (QED) is 0.596. The Balaban J connectivity index is 2.37. The van der Waals surface area contributed by atoms with Crippen LogP contribution in [0.4, 0.5) is 0 Å². The van der Waals surface area contributed by atoms with E-state index in [2.05, 4.69) is 0 Å². The fourth-order valence-electron chi connectivity index (χ4n) is 1.64. The molecule has 0 saturated carbocycles. The molecule has 0 amide bonds. The summed E-state index contributed by atoms with van der Waals surface area (Å²) in [6, 6.07) is 6.75. The van der Waals surface area contributed by atoms with Crippen molar-refractivity contribution in [3.05, 3.63) is 35.6 Å². The molecule has 0 aliphatic carbocycles. The summed E-state index contributed by atoms with van der Waals surface area (Å²) in [7, 11) is 3.65. The Morgan fingerprint density at radius 3 is 2.76 bits per heavy atom. The maximum atomic E-state index is 11.8. The predicted molar refractivity (Wildman–Crippen MR) is 64.5 cm³/mol. The van der Waals surface area contributed by atoms with E-state index in [0.29, 0.717) is 23.5 Å². The molecule has 1 aromatic heterocycles. The number of benzene rings is 1. The molecule has 1 aromatic carbocycles. The van der Waals surface area contributed by atoms with Crippen molar-refractivity contribution in [3.8, 4) is 0 Å². The zero-order valence-corrected chi connectivity index (χ0v) is 9.77. The van der Waals surface area contributed by atoms with E-state index in [1.165, 1.54) is 0 Å². The van der Waals surface area contributed by atoms with Gasteiger partial charge in [-0.3, -0.25) is 9.59 Å². The zero-order valence-electron chi connectivity index (χ0n) is 9.77. The first-order valence-corrected chi connectivity index (χ1v) is 5.27. The van der Waals surface area contributed by atoms with Gasteiger partial charge in [-0.25, -0.2) is 0 Å². The minimum absolute atomic E-state index is 0.0705. The van der Waals surface area contributed by atoms with Crippen molar-refractivity contribution in [2.45, 2.75) is 0 Å². The third kappa shape index (κ3) is 2.42. The second-order valence-electron chi connectivity index (χ2n) is 4.19. The average molecular weight is 231 g/mol. The molecule has 0 spiro atoms. The summed E-state index contributed by atoms with van der Waals surface area (Å²) in [5.41, 5.74) is 1.20. The lowest BCUT2D eigenvalue weighted by Gasteiger charge is -2.05. The van der Waals surface area contributed by atoms with E-state index in [1.807, 2.05) is 14.1 Å². The van der Waals surface area contributed by atoms with Crippen LogP contribution < -0.4 is 0 Å². The highest BCUT2D eigenvalue weighted by Crippen LogP contribution is 2.20. The Labute approximate surface area is 98.8 Å². The van der Waals surface area contributed by atoms with E-state index in [4.69, 9.17) is 4.42 Å². The number of likely N-dealkylation sites (N-methyl/N-ethyl adjacent to an activating group) is 1. The number of hydrogen-bond donors (Lipinski definition) is 0. The maximum absolute atomic E-state index is 11.8. The molecule has 17 heavy (non-hydrogen) atoms. The summed E-state index contributed by atoms with van der Waals surface area (Å²) in [4.78, 5) is 24.2. The van der Waals surface area contributed by atoms with Gasteiger partial charge < -0.3 is 9.32 Å². The Kier molecular flexibility index (Phi) is 3.06. The van der Waals surface area contributed by atoms with Gasteiger partial charge in [0, 0.05) is 10.9 Å². The summed E-state index contributed by atoms with van der Waals surface area (Å²) in [5.74, 6) is 0.260. The van der Waals surface area contributed by atoms with Crippen molar-refractivity contribution < 1.29 is 14.0 Å². The van der Waals surface area contributed by atoms with Crippen molar-refractivity contribution in [2.75, 3.05) is 20.6 Å². The first-order valence-electron chi connectivity index (χ1n) is 5.27. The summed E-state index contributed by atoms with van der Waals surface area (Å²) >= 11 is 0.